The van der Waals surface area contributed by atoms with E-state index < -0.39 is 6.10 Å². The van der Waals surface area contributed by atoms with Crippen LogP contribution in [-0.4, -0.2) is 33.6 Å². The van der Waals surface area contributed by atoms with Crippen molar-refractivity contribution in [3.05, 3.63) is 22.8 Å². The number of hydrogen-bond donors (Lipinski definition) is 2. The van der Waals surface area contributed by atoms with Crippen LogP contribution < -0.4 is 5.73 Å². The second kappa shape index (κ2) is 6.29. The molecule has 4 nitrogen and oxygen atoms in total. The quantitative estimate of drug-likeness (QED) is 0.877. The molecule has 1 aromatic rings. The van der Waals surface area contributed by atoms with Crippen LogP contribution in [0.3, 0.4) is 0 Å². The lowest BCUT2D eigenvalue weighted by Gasteiger charge is -2.44. The van der Waals surface area contributed by atoms with Gasteiger partial charge >= 0.3 is 0 Å². The van der Waals surface area contributed by atoms with E-state index in [1.54, 1.807) is 6.07 Å². The van der Waals surface area contributed by atoms with Crippen molar-refractivity contribution in [2.75, 3.05) is 18.8 Å². The highest BCUT2D eigenvalue weighted by molar-refractivity contribution is 6.30. The molecule has 1 fully saturated rings. The molecule has 0 aliphatic carbocycles. The first-order valence-corrected chi connectivity index (χ1v) is 7.77. The molecule has 1 atom stereocenters. The van der Waals surface area contributed by atoms with Gasteiger partial charge in [0.05, 0.1) is 10.6 Å². The minimum Gasteiger partial charge on any atom is -0.386 e. The molecule has 112 valence electrons. The van der Waals surface area contributed by atoms with Crippen LogP contribution in [0.1, 0.15) is 51.2 Å². The highest BCUT2D eigenvalue weighted by atomic mass is 35.5. The smallest absolute Gasteiger partial charge is 0.129 e. The number of aliphatic hydroxyl groups excluding tert-OH is 1. The van der Waals surface area contributed by atoms with Gasteiger partial charge in [0.2, 0.25) is 0 Å². The normalized spacial score (nSPS) is 18.4. The molecule has 0 spiro atoms. The molecule has 2 heterocycles. The van der Waals surface area contributed by atoms with Gasteiger partial charge in [0.25, 0.3) is 0 Å². The first kappa shape index (κ1) is 15.5. The monoisotopic (exact) mass is 297 g/mol. The van der Waals surface area contributed by atoms with E-state index in [4.69, 9.17) is 17.3 Å². The van der Waals surface area contributed by atoms with Crippen molar-refractivity contribution in [1.29, 1.82) is 0 Å². The van der Waals surface area contributed by atoms with Crippen molar-refractivity contribution in [1.82, 2.24) is 9.88 Å². The molecule has 2 rings (SSSR count). The third-order valence-corrected chi connectivity index (χ3v) is 4.89. The van der Waals surface area contributed by atoms with Gasteiger partial charge in [-0.25, -0.2) is 4.98 Å². The van der Waals surface area contributed by atoms with Crippen LogP contribution in [0.25, 0.3) is 0 Å². The lowest BCUT2D eigenvalue weighted by Crippen LogP contribution is -2.51. The highest BCUT2D eigenvalue weighted by Gasteiger charge is 2.42. The fourth-order valence-corrected chi connectivity index (χ4v) is 3.56. The zero-order valence-corrected chi connectivity index (χ0v) is 13.0. The number of rotatable bonds is 5. The molecule has 20 heavy (non-hydrogen) atoms. The maximum atomic E-state index is 11.0. The summed E-state index contributed by atoms with van der Waals surface area (Å²) < 4.78 is 0. The summed E-state index contributed by atoms with van der Waals surface area (Å²) >= 11 is 6.01. The SMILES string of the molecule is CCC(CC)(C(O)c1cc(Cl)cnc1N)N1CCCC1. The molecule has 0 aromatic carbocycles. The minimum absolute atomic E-state index is 0.281. The zero-order valence-electron chi connectivity index (χ0n) is 12.3. The second-order valence-electron chi connectivity index (χ2n) is 5.54. The molecule has 1 unspecified atom stereocenters. The van der Waals surface area contributed by atoms with Crippen LogP contribution in [0.5, 0.6) is 0 Å². The van der Waals surface area contributed by atoms with E-state index in [-0.39, 0.29) is 5.54 Å². The molecule has 0 bridgehead atoms. The van der Waals surface area contributed by atoms with Crippen LogP contribution in [0.4, 0.5) is 5.82 Å². The predicted molar refractivity (Wildman–Crippen MR) is 82.7 cm³/mol. The van der Waals surface area contributed by atoms with E-state index in [0.29, 0.717) is 16.4 Å². The molecule has 0 saturated carbocycles. The summed E-state index contributed by atoms with van der Waals surface area (Å²) in [5.41, 5.74) is 6.31. The number of anilines is 1. The van der Waals surface area contributed by atoms with Crippen molar-refractivity contribution in [2.45, 2.75) is 51.2 Å². The molecule has 1 aromatic heterocycles. The van der Waals surface area contributed by atoms with Gasteiger partial charge in [0, 0.05) is 11.8 Å². The van der Waals surface area contributed by atoms with Crippen LogP contribution in [0.15, 0.2) is 12.3 Å². The number of nitrogen functional groups attached to an aromatic ring is 1. The third kappa shape index (κ3) is 2.65. The van der Waals surface area contributed by atoms with E-state index in [0.717, 1.165) is 25.9 Å². The van der Waals surface area contributed by atoms with Crippen molar-refractivity contribution < 1.29 is 5.11 Å². The standard InChI is InChI=1S/C15H24ClN3O/c1-3-15(4-2,19-7-5-6-8-19)13(20)12-9-11(16)10-18-14(12)17/h9-10,13,20H,3-8H2,1-2H3,(H2,17,18). The summed E-state index contributed by atoms with van der Waals surface area (Å²) in [5.74, 6) is 0.368. The fraction of sp³-hybridized carbons (Fsp3) is 0.667. The van der Waals surface area contributed by atoms with Crippen LogP contribution in [-0.2, 0) is 0 Å². The van der Waals surface area contributed by atoms with Crippen molar-refractivity contribution >= 4 is 17.4 Å². The average Bonchev–Trinajstić information content (AvgIpc) is 2.98. The van der Waals surface area contributed by atoms with Gasteiger partial charge in [-0.3, -0.25) is 4.90 Å². The van der Waals surface area contributed by atoms with E-state index in [2.05, 4.69) is 23.7 Å². The first-order valence-electron chi connectivity index (χ1n) is 7.39. The molecule has 5 heteroatoms. The summed E-state index contributed by atoms with van der Waals surface area (Å²) in [4.78, 5) is 6.48. The van der Waals surface area contributed by atoms with Gasteiger partial charge in [0.15, 0.2) is 0 Å². The Hall–Kier alpha value is -0.840. The molecule has 3 N–H and O–H groups in total. The minimum atomic E-state index is -0.665. The second-order valence-corrected chi connectivity index (χ2v) is 5.97. The number of likely N-dealkylation sites (tertiary alicyclic amines) is 1. The summed E-state index contributed by atoms with van der Waals surface area (Å²) in [6.07, 6.45) is 4.98. The largest absolute Gasteiger partial charge is 0.386 e. The zero-order chi connectivity index (χ0) is 14.8. The van der Waals surface area contributed by atoms with Crippen molar-refractivity contribution in [3.8, 4) is 0 Å². The Balaban J connectivity index is 2.39. The summed E-state index contributed by atoms with van der Waals surface area (Å²) in [6, 6.07) is 1.74. The third-order valence-electron chi connectivity index (χ3n) is 4.68. The fourth-order valence-electron chi connectivity index (χ4n) is 3.39. The molecule has 0 radical (unpaired) electrons. The molecule has 1 aliphatic heterocycles. The Kier molecular flexibility index (Phi) is 4.89. The van der Waals surface area contributed by atoms with E-state index in [1.807, 2.05) is 0 Å². The number of nitrogens with two attached hydrogens (primary N) is 1. The number of aromatic nitrogens is 1. The maximum absolute atomic E-state index is 11.0. The van der Waals surface area contributed by atoms with Gasteiger partial charge < -0.3 is 10.8 Å². The van der Waals surface area contributed by atoms with Gasteiger partial charge in [-0.15, -0.1) is 0 Å². The lowest BCUT2D eigenvalue weighted by molar-refractivity contribution is -0.0292. The molecular weight excluding hydrogens is 274 g/mol. The van der Waals surface area contributed by atoms with Crippen molar-refractivity contribution in [3.63, 3.8) is 0 Å². The van der Waals surface area contributed by atoms with Crippen LogP contribution >= 0.6 is 11.6 Å². The Labute approximate surface area is 125 Å². The highest BCUT2D eigenvalue weighted by Crippen LogP contribution is 2.41. The summed E-state index contributed by atoms with van der Waals surface area (Å²) in [7, 11) is 0. The Morgan fingerprint density at radius 1 is 1.40 bits per heavy atom. The predicted octanol–water partition coefficient (Wildman–Crippen LogP) is 3.01. The topological polar surface area (TPSA) is 62.4 Å². The van der Waals surface area contributed by atoms with E-state index in [1.165, 1.54) is 19.0 Å². The number of hydrogen-bond acceptors (Lipinski definition) is 4. The van der Waals surface area contributed by atoms with E-state index in [9.17, 15) is 5.11 Å². The maximum Gasteiger partial charge on any atom is 0.129 e. The number of aliphatic hydroxyl groups is 1. The van der Waals surface area contributed by atoms with Crippen LogP contribution in [0.2, 0.25) is 5.02 Å². The number of halogens is 1. The average molecular weight is 298 g/mol. The number of nitrogens with zero attached hydrogens (tertiary/aromatic N) is 2. The lowest BCUT2D eigenvalue weighted by atomic mass is 9.81. The van der Waals surface area contributed by atoms with Gasteiger partial charge in [0.1, 0.15) is 11.9 Å². The molecule has 1 aliphatic rings. The Bertz CT molecular complexity index is 456. The Morgan fingerprint density at radius 3 is 2.55 bits per heavy atom. The number of pyridine rings is 1. The van der Waals surface area contributed by atoms with Gasteiger partial charge in [-0.05, 0) is 44.8 Å². The summed E-state index contributed by atoms with van der Waals surface area (Å²) in [5, 5.41) is 11.5. The molecular formula is C15H24ClN3O. The first-order chi connectivity index (χ1) is 9.55. The van der Waals surface area contributed by atoms with Gasteiger partial charge in [-0.1, -0.05) is 25.4 Å². The molecule has 1 saturated heterocycles. The van der Waals surface area contributed by atoms with Gasteiger partial charge in [-0.2, -0.15) is 0 Å². The van der Waals surface area contributed by atoms with Crippen molar-refractivity contribution in [2.24, 2.45) is 0 Å². The van der Waals surface area contributed by atoms with E-state index >= 15 is 0 Å². The van der Waals surface area contributed by atoms with Crippen LogP contribution in [0, 0.1) is 0 Å². The summed E-state index contributed by atoms with van der Waals surface area (Å²) in [6.45, 7) is 6.32. The molecule has 0 amide bonds. The Morgan fingerprint density at radius 2 is 2.00 bits per heavy atom.